The van der Waals surface area contributed by atoms with E-state index in [4.69, 9.17) is 4.74 Å². The average Bonchev–Trinajstić information content (AvgIpc) is 2.63. The number of rotatable bonds is 1. The Bertz CT molecular complexity index is 131. The number of hydrogen-bond donors (Lipinski definition) is 0. The molecule has 1 heterocycles. The summed E-state index contributed by atoms with van der Waals surface area (Å²) in [5, 5.41) is 0. The van der Waals surface area contributed by atoms with Crippen molar-refractivity contribution in [2.24, 2.45) is 11.8 Å². The third kappa shape index (κ3) is 0.968. The summed E-state index contributed by atoms with van der Waals surface area (Å²) in [6.07, 6.45) is 5.45. The molecule has 0 spiro atoms. The molecule has 0 aromatic rings. The van der Waals surface area contributed by atoms with Crippen molar-refractivity contribution in [1.82, 2.24) is 0 Å². The lowest BCUT2D eigenvalue weighted by molar-refractivity contribution is 0.262. The monoisotopic (exact) mass is 140 g/mol. The third-order valence-corrected chi connectivity index (χ3v) is 2.93. The second-order valence-electron chi connectivity index (χ2n) is 3.98. The number of ether oxygens (including phenoxy) is 1. The fourth-order valence-corrected chi connectivity index (χ4v) is 2.20. The highest BCUT2D eigenvalue weighted by Crippen LogP contribution is 2.43. The van der Waals surface area contributed by atoms with Crippen LogP contribution in [0.5, 0.6) is 0 Å². The molecule has 1 saturated carbocycles. The number of epoxide rings is 1. The van der Waals surface area contributed by atoms with Gasteiger partial charge in [0.05, 0.1) is 12.2 Å². The second kappa shape index (κ2) is 2.23. The highest BCUT2D eigenvalue weighted by molar-refractivity contribution is 4.95. The Morgan fingerprint density at radius 1 is 1.30 bits per heavy atom. The molecule has 1 aliphatic carbocycles. The van der Waals surface area contributed by atoms with E-state index < -0.39 is 0 Å². The molecule has 58 valence electrons. The summed E-state index contributed by atoms with van der Waals surface area (Å²) in [6, 6.07) is 0. The van der Waals surface area contributed by atoms with E-state index in [1.807, 2.05) is 0 Å². The Labute approximate surface area is 62.8 Å². The minimum absolute atomic E-state index is 0.661. The predicted molar refractivity (Wildman–Crippen MR) is 40.8 cm³/mol. The van der Waals surface area contributed by atoms with Crippen LogP contribution in [-0.4, -0.2) is 12.2 Å². The SMILES string of the molecule is CC(C)C1CCC[C@@H]2O[C@@H]12. The lowest BCUT2D eigenvalue weighted by Gasteiger charge is -2.21. The molecule has 10 heavy (non-hydrogen) atoms. The molecule has 2 rings (SSSR count). The first kappa shape index (κ1) is 6.66. The van der Waals surface area contributed by atoms with E-state index in [2.05, 4.69) is 13.8 Å². The Morgan fingerprint density at radius 2 is 2.10 bits per heavy atom. The van der Waals surface area contributed by atoms with E-state index in [1.165, 1.54) is 19.3 Å². The average molecular weight is 140 g/mol. The lowest BCUT2D eigenvalue weighted by atomic mass is 9.82. The fourth-order valence-electron chi connectivity index (χ4n) is 2.20. The highest BCUT2D eigenvalue weighted by Gasteiger charge is 2.47. The van der Waals surface area contributed by atoms with Gasteiger partial charge in [0.1, 0.15) is 0 Å². The Balaban J connectivity index is 1.96. The van der Waals surface area contributed by atoms with Crippen molar-refractivity contribution in [3.05, 3.63) is 0 Å². The first-order chi connectivity index (χ1) is 4.79. The maximum atomic E-state index is 5.55. The Kier molecular flexibility index (Phi) is 1.48. The lowest BCUT2D eigenvalue weighted by Crippen LogP contribution is -2.21. The molecule has 1 heteroatoms. The summed E-state index contributed by atoms with van der Waals surface area (Å²) in [6.45, 7) is 4.63. The van der Waals surface area contributed by atoms with Crippen molar-refractivity contribution in [1.29, 1.82) is 0 Å². The quantitative estimate of drug-likeness (QED) is 0.509. The van der Waals surface area contributed by atoms with E-state index in [0.29, 0.717) is 12.2 Å². The number of fused-ring (bicyclic) bond motifs is 1. The van der Waals surface area contributed by atoms with Crippen LogP contribution in [0.3, 0.4) is 0 Å². The first-order valence-electron chi connectivity index (χ1n) is 4.44. The minimum Gasteiger partial charge on any atom is -0.369 e. The van der Waals surface area contributed by atoms with Gasteiger partial charge < -0.3 is 4.74 Å². The summed E-state index contributed by atoms with van der Waals surface area (Å²) < 4.78 is 5.55. The predicted octanol–water partition coefficient (Wildman–Crippen LogP) is 2.21. The largest absolute Gasteiger partial charge is 0.369 e. The van der Waals surface area contributed by atoms with E-state index in [9.17, 15) is 0 Å². The zero-order chi connectivity index (χ0) is 7.14. The molecule has 2 aliphatic rings. The van der Waals surface area contributed by atoms with Crippen LogP contribution in [0.1, 0.15) is 33.1 Å². The Morgan fingerprint density at radius 3 is 2.70 bits per heavy atom. The van der Waals surface area contributed by atoms with Crippen LogP contribution in [0.4, 0.5) is 0 Å². The van der Waals surface area contributed by atoms with Crippen LogP contribution in [0.2, 0.25) is 0 Å². The maximum absolute atomic E-state index is 5.55. The van der Waals surface area contributed by atoms with Crippen molar-refractivity contribution in [3.8, 4) is 0 Å². The fraction of sp³-hybridized carbons (Fsp3) is 1.00. The smallest absolute Gasteiger partial charge is 0.0872 e. The summed E-state index contributed by atoms with van der Waals surface area (Å²) >= 11 is 0. The van der Waals surface area contributed by atoms with Crippen LogP contribution in [-0.2, 0) is 4.74 Å². The van der Waals surface area contributed by atoms with Crippen molar-refractivity contribution in [2.75, 3.05) is 0 Å². The summed E-state index contributed by atoms with van der Waals surface area (Å²) in [5.74, 6) is 1.70. The normalized spacial score (nSPS) is 45.3. The molecule has 0 N–H and O–H groups in total. The highest BCUT2D eigenvalue weighted by atomic mass is 16.6. The number of hydrogen-bond acceptors (Lipinski definition) is 1. The van der Waals surface area contributed by atoms with Gasteiger partial charge in [0, 0.05) is 0 Å². The molecule has 2 fully saturated rings. The van der Waals surface area contributed by atoms with Gasteiger partial charge in [-0.2, -0.15) is 0 Å². The zero-order valence-corrected chi connectivity index (χ0v) is 6.84. The van der Waals surface area contributed by atoms with Gasteiger partial charge in [-0.1, -0.05) is 20.3 Å². The van der Waals surface area contributed by atoms with Gasteiger partial charge in [-0.15, -0.1) is 0 Å². The molecule has 1 unspecified atom stereocenters. The van der Waals surface area contributed by atoms with Gasteiger partial charge in [-0.05, 0) is 24.7 Å². The summed E-state index contributed by atoms with van der Waals surface area (Å²) in [7, 11) is 0. The molecule has 0 amide bonds. The van der Waals surface area contributed by atoms with Gasteiger partial charge in [0.25, 0.3) is 0 Å². The molecule has 0 bridgehead atoms. The van der Waals surface area contributed by atoms with Crippen LogP contribution >= 0.6 is 0 Å². The first-order valence-corrected chi connectivity index (χ1v) is 4.44. The zero-order valence-electron chi connectivity index (χ0n) is 6.84. The van der Waals surface area contributed by atoms with Crippen LogP contribution in [0.15, 0.2) is 0 Å². The summed E-state index contributed by atoms with van der Waals surface area (Å²) in [4.78, 5) is 0. The standard InChI is InChI=1S/C9H16O/c1-6(2)7-4-3-5-8-9(7)10-8/h6-9H,3-5H2,1-2H3/t7?,8-,9-/m0/s1. The maximum Gasteiger partial charge on any atom is 0.0872 e. The van der Waals surface area contributed by atoms with E-state index in [-0.39, 0.29) is 0 Å². The molecule has 0 radical (unpaired) electrons. The minimum atomic E-state index is 0.661. The molecule has 0 aromatic heterocycles. The van der Waals surface area contributed by atoms with Crippen LogP contribution in [0, 0.1) is 11.8 Å². The topological polar surface area (TPSA) is 12.5 Å². The van der Waals surface area contributed by atoms with Crippen molar-refractivity contribution in [2.45, 2.75) is 45.3 Å². The van der Waals surface area contributed by atoms with E-state index in [0.717, 1.165) is 11.8 Å². The van der Waals surface area contributed by atoms with Crippen molar-refractivity contribution in [3.63, 3.8) is 0 Å². The van der Waals surface area contributed by atoms with Gasteiger partial charge in [0.2, 0.25) is 0 Å². The third-order valence-electron chi connectivity index (χ3n) is 2.93. The summed E-state index contributed by atoms with van der Waals surface area (Å²) in [5.41, 5.74) is 0. The van der Waals surface area contributed by atoms with Gasteiger partial charge in [0.15, 0.2) is 0 Å². The van der Waals surface area contributed by atoms with Crippen LogP contribution < -0.4 is 0 Å². The second-order valence-corrected chi connectivity index (χ2v) is 3.98. The molecule has 0 aromatic carbocycles. The molecular weight excluding hydrogens is 124 g/mol. The Hall–Kier alpha value is -0.0400. The molecule has 1 aliphatic heterocycles. The van der Waals surface area contributed by atoms with Gasteiger partial charge in [-0.25, -0.2) is 0 Å². The molecule has 3 atom stereocenters. The van der Waals surface area contributed by atoms with Crippen LogP contribution in [0.25, 0.3) is 0 Å². The van der Waals surface area contributed by atoms with Gasteiger partial charge >= 0.3 is 0 Å². The van der Waals surface area contributed by atoms with Crippen molar-refractivity contribution < 1.29 is 4.74 Å². The van der Waals surface area contributed by atoms with E-state index in [1.54, 1.807) is 0 Å². The van der Waals surface area contributed by atoms with E-state index >= 15 is 0 Å². The van der Waals surface area contributed by atoms with Gasteiger partial charge in [-0.3, -0.25) is 0 Å². The molecule has 1 nitrogen and oxygen atoms in total. The van der Waals surface area contributed by atoms with Crippen molar-refractivity contribution >= 4 is 0 Å². The molecular formula is C9H16O. The molecule has 1 saturated heterocycles.